The van der Waals surface area contributed by atoms with Crippen molar-refractivity contribution in [2.45, 2.75) is 19.3 Å². The molecule has 1 fully saturated rings. The molecular formula is C20H25N5O3. The predicted octanol–water partition coefficient (Wildman–Crippen LogP) is 3.28. The first kappa shape index (κ1) is 18.4. The van der Waals surface area contributed by atoms with Gasteiger partial charge in [-0.3, -0.25) is 5.10 Å². The molecule has 8 heteroatoms. The highest BCUT2D eigenvalue weighted by Gasteiger charge is 2.12. The lowest BCUT2D eigenvalue weighted by Gasteiger charge is -2.16. The van der Waals surface area contributed by atoms with Crippen LogP contribution >= 0.6 is 0 Å². The standard InChI is InChI=1S/C20H25N5O3/c1-27-17-6-5-14(11-18(17)28-10-4-9-25-7-2-3-8-25)22-20-15-13-21-24-16(15)12-19(26)23-20/h5-6,11-13H,2-4,7-10H2,1H3,(H,21,24)(H2,22,23,26). The summed E-state index contributed by atoms with van der Waals surface area (Å²) in [6, 6.07) is 7.16. The lowest BCUT2D eigenvalue weighted by molar-refractivity contribution is 0.254. The first-order chi connectivity index (χ1) is 13.7. The molecule has 148 valence electrons. The number of anilines is 2. The summed E-state index contributed by atoms with van der Waals surface area (Å²) in [6.45, 7) is 4.09. The second kappa shape index (κ2) is 8.35. The summed E-state index contributed by atoms with van der Waals surface area (Å²) in [4.78, 5) is 6.64. The van der Waals surface area contributed by atoms with Crippen LogP contribution in [0, 0.1) is 0 Å². The summed E-state index contributed by atoms with van der Waals surface area (Å²) < 4.78 is 11.4. The smallest absolute Gasteiger partial charge is 0.214 e. The third-order valence-corrected chi connectivity index (χ3v) is 4.93. The number of rotatable bonds is 8. The van der Waals surface area contributed by atoms with E-state index in [1.54, 1.807) is 13.3 Å². The van der Waals surface area contributed by atoms with Crippen LogP contribution in [0.15, 0.2) is 30.5 Å². The van der Waals surface area contributed by atoms with Gasteiger partial charge in [0.15, 0.2) is 11.5 Å². The Morgan fingerprint density at radius 2 is 2.07 bits per heavy atom. The Hall–Kier alpha value is -3.00. The van der Waals surface area contributed by atoms with E-state index in [4.69, 9.17) is 9.47 Å². The molecule has 1 aliphatic heterocycles. The van der Waals surface area contributed by atoms with Crippen LogP contribution in [-0.4, -0.2) is 58.5 Å². The molecule has 8 nitrogen and oxygen atoms in total. The molecule has 0 aliphatic carbocycles. The number of H-pyrrole nitrogens is 1. The Kier molecular flexibility index (Phi) is 5.48. The van der Waals surface area contributed by atoms with E-state index >= 15 is 0 Å². The molecule has 1 saturated heterocycles. The average molecular weight is 383 g/mol. The lowest BCUT2D eigenvalue weighted by atomic mass is 10.2. The van der Waals surface area contributed by atoms with Gasteiger partial charge in [-0.2, -0.15) is 10.1 Å². The lowest BCUT2D eigenvalue weighted by Crippen LogP contribution is -2.21. The monoisotopic (exact) mass is 383 g/mol. The minimum absolute atomic E-state index is 0.0776. The van der Waals surface area contributed by atoms with Crippen LogP contribution in [0.2, 0.25) is 0 Å². The highest BCUT2D eigenvalue weighted by molar-refractivity contribution is 5.91. The van der Waals surface area contributed by atoms with E-state index in [-0.39, 0.29) is 5.88 Å². The Morgan fingerprint density at radius 3 is 2.89 bits per heavy atom. The van der Waals surface area contributed by atoms with Crippen molar-refractivity contribution in [3.8, 4) is 17.4 Å². The molecule has 3 heterocycles. The number of nitrogens with zero attached hydrogens (tertiary/aromatic N) is 3. The summed E-state index contributed by atoms with van der Waals surface area (Å²) in [6.07, 6.45) is 5.25. The number of ether oxygens (including phenoxy) is 2. The van der Waals surface area contributed by atoms with Gasteiger partial charge in [-0.1, -0.05) is 0 Å². The minimum atomic E-state index is -0.0776. The summed E-state index contributed by atoms with van der Waals surface area (Å²) in [7, 11) is 1.63. The summed E-state index contributed by atoms with van der Waals surface area (Å²) >= 11 is 0. The molecule has 0 saturated carbocycles. The second-order valence-electron chi connectivity index (χ2n) is 6.90. The Morgan fingerprint density at radius 1 is 1.21 bits per heavy atom. The molecule has 0 bridgehead atoms. The van der Waals surface area contributed by atoms with Gasteiger partial charge in [-0.25, -0.2) is 0 Å². The zero-order valence-corrected chi connectivity index (χ0v) is 15.9. The third kappa shape index (κ3) is 4.12. The van der Waals surface area contributed by atoms with E-state index in [0.717, 1.165) is 24.0 Å². The van der Waals surface area contributed by atoms with Gasteiger partial charge >= 0.3 is 0 Å². The van der Waals surface area contributed by atoms with Gasteiger partial charge in [-0.05, 0) is 44.5 Å². The van der Waals surface area contributed by atoms with E-state index < -0.39 is 0 Å². The number of benzene rings is 1. The molecule has 28 heavy (non-hydrogen) atoms. The number of likely N-dealkylation sites (tertiary alicyclic amines) is 1. The number of aromatic amines is 1. The molecule has 1 aliphatic rings. The molecule has 2 aromatic heterocycles. The predicted molar refractivity (Wildman–Crippen MR) is 108 cm³/mol. The molecule has 1 aromatic carbocycles. The fraction of sp³-hybridized carbons (Fsp3) is 0.400. The summed E-state index contributed by atoms with van der Waals surface area (Å²) in [5.74, 6) is 1.81. The average Bonchev–Trinajstić information content (AvgIpc) is 3.37. The van der Waals surface area contributed by atoms with Crippen LogP contribution in [0.3, 0.4) is 0 Å². The molecule has 0 spiro atoms. The highest BCUT2D eigenvalue weighted by Crippen LogP contribution is 2.33. The van der Waals surface area contributed by atoms with Crippen LogP contribution in [0.25, 0.3) is 10.9 Å². The van der Waals surface area contributed by atoms with Gasteiger partial charge in [0.2, 0.25) is 5.88 Å². The fourth-order valence-electron chi connectivity index (χ4n) is 3.51. The molecule has 3 N–H and O–H groups in total. The zero-order chi connectivity index (χ0) is 19.3. The quantitative estimate of drug-likeness (QED) is 0.514. The van der Waals surface area contributed by atoms with E-state index in [2.05, 4.69) is 25.4 Å². The van der Waals surface area contributed by atoms with E-state index in [1.807, 2.05) is 18.2 Å². The number of hydrogen-bond acceptors (Lipinski definition) is 7. The SMILES string of the molecule is COc1ccc(Nc2nc(O)cc3[nH]ncc23)cc1OCCCN1CCCC1. The first-order valence-corrected chi connectivity index (χ1v) is 9.56. The first-order valence-electron chi connectivity index (χ1n) is 9.56. The topological polar surface area (TPSA) is 95.5 Å². The Labute approximate surface area is 163 Å². The molecule has 4 rings (SSSR count). The van der Waals surface area contributed by atoms with Crippen molar-refractivity contribution < 1.29 is 14.6 Å². The van der Waals surface area contributed by atoms with Gasteiger partial charge in [-0.15, -0.1) is 0 Å². The maximum atomic E-state index is 9.83. The third-order valence-electron chi connectivity index (χ3n) is 4.93. The van der Waals surface area contributed by atoms with E-state index in [0.29, 0.717) is 29.4 Å². The number of aromatic hydroxyl groups is 1. The molecule has 0 atom stereocenters. The molecule has 3 aromatic rings. The summed E-state index contributed by atoms with van der Waals surface area (Å²) in [5, 5.41) is 20.7. The van der Waals surface area contributed by atoms with Gasteiger partial charge in [0.25, 0.3) is 0 Å². The van der Waals surface area contributed by atoms with Crippen LogP contribution in [-0.2, 0) is 0 Å². The van der Waals surface area contributed by atoms with Crippen molar-refractivity contribution in [3.63, 3.8) is 0 Å². The van der Waals surface area contributed by atoms with E-state index in [1.165, 1.54) is 32.0 Å². The van der Waals surface area contributed by atoms with Crippen LogP contribution < -0.4 is 14.8 Å². The van der Waals surface area contributed by atoms with Crippen molar-refractivity contribution in [2.24, 2.45) is 0 Å². The van der Waals surface area contributed by atoms with Crippen molar-refractivity contribution >= 4 is 22.4 Å². The number of hydrogen-bond donors (Lipinski definition) is 3. The highest BCUT2D eigenvalue weighted by atomic mass is 16.5. The largest absolute Gasteiger partial charge is 0.493 e. The van der Waals surface area contributed by atoms with E-state index in [9.17, 15) is 5.11 Å². The maximum absolute atomic E-state index is 9.83. The zero-order valence-electron chi connectivity index (χ0n) is 15.9. The molecule has 0 amide bonds. The van der Waals surface area contributed by atoms with Crippen LogP contribution in [0.4, 0.5) is 11.5 Å². The Bertz CT molecular complexity index is 937. The Balaban J connectivity index is 1.45. The van der Waals surface area contributed by atoms with Crippen molar-refractivity contribution in [1.29, 1.82) is 0 Å². The van der Waals surface area contributed by atoms with Gasteiger partial charge in [0.1, 0.15) is 5.82 Å². The second-order valence-corrected chi connectivity index (χ2v) is 6.90. The fourth-order valence-corrected chi connectivity index (χ4v) is 3.51. The van der Waals surface area contributed by atoms with Gasteiger partial charge in [0, 0.05) is 24.4 Å². The van der Waals surface area contributed by atoms with Crippen LogP contribution in [0.1, 0.15) is 19.3 Å². The summed E-state index contributed by atoms with van der Waals surface area (Å²) in [5.41, 5.74) is 1.50. The number of aromatic nitrogens is 3. The van der Waals surface area contributed by atoms with Crippen LogP contribution in [0.5, 0.6) is 17.4 Å². The van der Waals surface area contributed by atoms with Crippen molar-refractivity contribution in [2.75, 3.05) is 38.7 Å². The van der Waals surface area contributed by atoms with Gasteiger partial charge in [0.05, 0.1) is 30.8 Å². The molecule has 0 unspecified atom stereocenters. The number of fused-ring (bicyclic) bond motifs is 1. The number of nitrogens with one attached hydrogen (secondary N) is 2. The van der Waals surface area contributed by atoms with Crippen molar-refractivity contribution in [3.05, 3.63) is 30.5 Å². The maximum Gasteiger partial charge on any atom is 0.214 e. The number of methoxy groups -OCH3 is 1. The van der Waals surface area contributed by atoms with Gasteiger partial charge < -0.3 is 24.8 Å². The minimum Gasteiger partial charge on any atom is -0.493 e. The number of pyridine rings is 1. The molecule has 0 radical (unpaired) electrons. The molecular weight excluding hydrogens is 358 g/mol. The van der Waals surface area contributed by atoms with Crippen molar-refractivity contribution in [1.82, 2.24) is 20.1 Å². The normalized spacial score (nSPS) is 14.5.